The predicted octanol–water partition coefficient (Wildman–Crippen LogP) is 7.10. The van der Waals surface area contributed by atoms with Crippen LogP contribution in [0.25, 0.3) is 17.1 Å². The molecule has 0 amide bonds. The molecule has 0 saturated heterocycles. The minimum atomic E-state index is -1.30. The van der Waals surface area contributed by atoms with Crippen LogP contribution in [0, 0.1) is 25.5 Å². The Morgan fingerprint density at radius 2 is 1.62 bits per heavy atom. The van der Waals surface area contributed by atoms with Crippen molar-refractivity contribution >= 4 is 0 Å². The molecule has 3 aromatic rings. The molecule has 0 spiro atoms. The smallest absolute Gasteiger partial charge is 0.147 e. The first-order valence-corrected chi connectivity index (χ1v) is 9.88. The summed E-state index contributed by atoms with van der Waals surface area (Å²) in [6.45, 7) is 12.6. The Balaban J connectivity index is 0.00000145. The Morgan fingerprint density at radius 3 is 2.17 bits per heavy atom. The number of benzene rings is 2. The monoisotopic (exact) mass is 402 g/mol. The summed E-state index contributed by atoms with van der Waals surface area (Å²) in [5.41, 5.74) is 2.17. The number of rotatable bonds is 4. The van der Waals surface area contributed by atoms with Crippen molar-refractivity contribution in [1.29, 1.82) is 0 Å². The molecular formula is C24H29F3N2. The van der Waals surface area contributed by atoms with Crippen molar-refractivity contribution in [2.45, 2.75) is 60.1 Å². The van der Waals surface area contributed by atoms with E-state index in [1.807, 2.05) is 45.9 Å². The fraction of sp³-hybridized carbons (Fsp3) is 0.375. The van der Waals surface area contributed by atoms with Crippen molar-refractivity contribution in [3.8, 4) is 17.1 Å². The lowest BCUT2D eigenvalue weighted by atomic mass is 9.78. The van der Waals surface area contributed by atoms with Gasteiger partial charge in [0.2, 0.25) is 0 Å². The van der Waals surface area contributed by atoms with E-state index in [2.05, 4.69) is 4.98 Å². The fourth-order valence-electron chi connectivity index (χ4n) is 3.38. The number of para-hydroxylation sites is 1. The van der Waals surface area contributed by atoms with E-state index in [4.69, 9.17) is 0 Å². The second kappa shape index (κ2) is 8.85. The van der Waals surface area contributed by atoms with E-state index in [1.165, 1.54) is 13.0 Å². The number of nitrogens with zero attached hydrogens (tertiary/aromatic N) is 2. The maximum atomic E-state index is 14.9. The van der Waals surface area contributed by atoms with Crippen molar-refractivity contribution in [3.63, 3.8) is 0 Å². The van der Waals surface area contributed by atoms with E-state index in [0.717, 1.165) is 22.9 Å². The molecule has 3 rings (SSSR count). The number of hydrogen-bond donors (Lipinski definition) is 0. The van der Waals surface area contributed by atoms with Gasteiger partial charge in [-0.1, -0.05) is 45.9 Å². The topological polar surface area (TPSA) is 17.8 Å². The lowest BCUT2D eigenvalue weighted by molar-refractivity contribution is 0.236. The molecule has 0 aliphatic carbocycles. The average molecular weight is 403 g/mol. The van der Waals surface area contributed by atoms with E-state index in [-0.39, 0.29) is 11.1 Å². The van der Waals surface area contributed by atoms with Crippen molar-refractivity contribution < 1.29 is 13.2 Å². The maximum absolute atomic E-state index is 14.9. The van der Waals surface area contributed by atoms with Crippen LogP contribution in [0.3, 0.4) is 0 Å². The highest BCUT2D eigenvalue weighted by Gasteiger charge is 2.34. The standard InChI is InChI=1S/C22H23F3N2.C2H6/c1-13-7-6-8-14(2)20(13)27-10-9-26-21(27)19-17(22(4,5)15(3)23)11-16(24)12-18(19)25;1-2/h6-12,15H,1-5H3;1-2H3/t15-;/m0./s1. The fourth-order valence-corrected chi connectivity index (χ4v) is 3.38. The average Bonchev–Trinajstić information content (AvgIpc) is 3.11. The highest BCUT2D eigenvalue weighted by atomic mass is 19.1. The van der Waals surface area contributed by atoms with Gasteiger partial charge in [-0.3, -0.25) is 4.57 Å². The molecule has 0 saturated carbocycles. The van der Waals surface area contributed by atoms with Crippen molar-refractivity contribution in [1.82, 2.24) is 9.55 Å². The number of halogens is 3. The minimum absolute atomic E-state index is 0.124. The number of alkyl halides is 1. The van der Waals surface area contributed by atoms with E-state index in [1.54, 1.807) is 30.8 Å². The van der Waals surface area contributed by atoms with Gasteiger partial charge in [-0.15, -0.1) is 0 Å². The van der Waals surface area contributed by atoms with Gasteiger partial charge in [-0.2, -0.15) is 0 Å². The van der Waals surface area contributed by atoms with Crippen LogP contribution in [0.2, 0.25) is 0 Å². The van der Waals surface area contributed by atoms with E-state index < -0.39 is 23.2 Å². The summed E-state index contributed by atoms with van der Waals surface area (Å²) < 4.78 is 45.1. The molecule has 0 unspecified atom stereocenters. The van der Waals surface area contributed by atoms with Crippen LogP contribution in [-0.2, 0) is 5.41 Å². The first-order valence-electron chi connectivity index (χ1n) is 9.88. The van der Waals surface area contributed by atoms with Crippen LogP contribution < -0.4 is 0 Å². The molecule has 0 aliphatic rings. The third-order valence-electron chi connectivity index (χ3n) is 5.29. The lowest BCUT2D eigenvalue weighted by Crippen LogP contribution is -2.29. The number of aryl methyl sites for hydroxylation is 2. The van der Waals surface area contributed by atoms with Crippen molar-refractivity contribution in [2.75, 3.05) is 0 Å². The molecule has 156 valence electrons. The predicted molar refractivity (Wildman–Crippen MR) is 113 cm³/mol. The zero-order chi connectivity index (χ0) is 21.9. The summed E-state index contributed by atoms with van der Waals surface area (Å²) >= 11 is 0. The van der Waals surface area contributed by atoms with E-state index in [0.29, 0.717) is 5.82 Å². The zero-order valence-corrected chi connectivity index (χ0v) is 18.1. The van der Waals surface area contributed by atoms with Gasteiger partial charge in [-0.05, 0) is 43.5 Å². The van der Waals surface area contributed by atoms with Gasteiger partial charge in [0.1, 0.15) is 23.6 Å². The van der Waals surface area contributed by atoms with E-state index in [9.17, 15) is 13.2 Å². The number of aromatic nitrogens is 2. The summed E-state index contributed by atoms with van der Waals surface area (Å²) in [7, 11) is 0. The van der Waals surface area contributed by atoms with Crippen LogP contribution in [0.5, 0.6) is 0 Å². The van der Waals surface area contributed by atoms with E-state index >= 15 is 0 Å². The minimum Gasteiger partial charge on any atom is -0.299 e. The largest absolute Gasteiger partial charge is 0.299 e. The Hall–Kier alpha value is -2.56. The Labute approximate surface area is 171 Å². The normalized spacial score (nSPS) is 12.3. The van der Waals surface area contributed by atoms with Crippen LogP contribution in [0.15, 0.2) is 42.7 Å². The second-order valence-electron chi connectivity index (χ2n) is 7.51. The number of imidazole rings is 1. The molecule has 5 heteroatoms. The molecule has 0 fully saturated rings. The molecule has 1 heterocycles. The molecule has 1 aromatic heterocycles. The van der Waals surface area contributed by atoms with Gasteiger partial charge in [-0.25, -0.2) is 18.2 Å². The zero-order valence-electron chi connectivity index (χ0n) is 18.1. The summed E-state index contributed by atoms with van der Waals surface area (Å²) in [5, 5.41) is 0. The molecule has 2 nitrogen and oxygen atoms in total. The third-order valence-corrected chi connectivity index (χ3v) is 5.29. The molecule has 0 bridgehead atoms. The molecule has 0 aliphatic heterocycles. The Bertz CT molecular complexity index is 968. The molecular weight excluding hydrogens is 373 g/mol. The van der Waals surface area contributed by atoms with Gasteiger partial charge >= 0.3 is 0 Å². The van der Waals surface area contributed by atoms with Gasteiger partial charge in [0.05, 0.1) is 11.3 Å². The first-order chi connectivity index (χ1) is 13.6. The van der Waals surface area contributed by atoms with Crippen LogP contribution in [-0.4, -0.2) is 15.7 Å². The molecule has 29 heavy (non-hydrogen) atoms. The molecule has 1 atom stereocenters. The Kier molecular flexibility index (Phi) is 6.93. The summed E-state index contributed by atoms with van der Waals surface area (Å²) in [5.74, 6) is -1.16. The quantitative estimate of drug-likeness (QED) is 0.455. The van der Waals surface area contributed by atoms with Gasteiger partial charge in [0, 0.05) is 23.9 Å². The molecule has 2 aromatic carbocycles. The number of hydrogen-bond acceptors (Lipinski definition) is 1. The highest BCUT2D eigenvalue weighted by Crippen LogP contribution is 2.39. The van der Waals surface area contributed by atoms with Gasteiger partial charge in [0.15, 0.2) is 0 Å². The van der Waals surface area contributed by atoms with Crippen molar-refractivity contribution in [3.05, 3.63) is 71.1 Å². The van der Waals surface area contributed by atoms with Gasteiger partial charge in [0.25, 0.3) is 0 Å². The summed E-state index contributed by atoms with van der Waals surface area (Å²) in [6, 6.07) is 7.89. The highest BCUT2D eigenvalue weighted by molar-refractivity contribution is 5.67. The molecule has 0 N–H and O–H groups in total. The third kappa shape index (κ3) is 4.24. The van der Waals surface area contributed by atoms with Gasteiger partial charge < -0.3 is 0 Å². The van der Waals surface area contributed by atoms with Crippen molar-refractivity contribution in [2.24, 2.45) is 0 Å². The van der Waals surface area contributed by atoms with Crippen LogP contribution >= 0.6 is 0 Å². The maximum Gasteiger partial charge on any atom is 0.147 e. The Morgan fingerprint density at radius 1 is 1.03 bits per heavy atom. The van der Waals surface area contributed by atoms with Crippen LogP contribution in [0.4, 0.5) is 13.2 Å². The molecule has 0 radical (unpaired) electrons. The van der Waals surface area contributed by atoms with Crippen LogP contribution in [0.1, 0.15) is 51.3 Å². The second-order valence-corrected chi connectivity index (χ2v) is 7.51. The lowest BCUT2D eigenvalue weighted by Gasteiger charge is -2.29. The first kappa shape index (κ1) is 22.7. The summed E-state index contributed by atoms with van der Waals surface area (Å²) in [4.78, 5) is 4.35. The SMILES string of the molecule is CC.Cc1cccc(C)c1-n1ccnc1-c1c(F)cc(F)cc1C(C)(C)[C@H](C)F. The summed E-state index contributed by atoms with van der Waals surface area (Å²) in [6.07, 6.45) is 2.00.